The van der Waals surface area contributed by atoms with Gasteiger partial charge in [0.05, 0.1) is 29.3 Å². The van der Waals surface area contributed by atoms with Crippen LogP contribution in [0.25, 0.3) is 0 Å². The number of nitriles is 1. The Kier molecular flexibility index (Phi) is 6.84. The SMILES string of the molecule is C[C@](O)(CNc1cccc(C(F)(F)F)c1C=N)C(=O)Nc1ccc(C#N)c(C(F)(F)F)c1. The largest absolute Gasteiger partial charge is 0.417 e. The number of hydrogen-bond donors (Lipinski definition) is 4. The second-order valence-corrected chi connectivity index (χ2v) is 6.86. The van der Waals surface area contributed by atoms with Crippen LogP contribution >= 0.6 is 0 Å². The Labute approximate surface area is 178 Å². The Morgan fingerprint density at radius 1 is 1.12 bits per heavy atom. The number of rotatable bonds is 6. The van der Waals surface area contributed by atoms with Gasteiger partial charge in [-0.05, 0) is 37.3 Å². The number of amides is 1. The average molecular weight is 458 g/mol. The highest BCUT2D eigenvalue weighted by molar-refractivity contribution is 5.97. The summed E-state index contributed by atoms with van der Waals surface area (Å²) in [6.07, 6.45) is -9.13. The summed E-state index contributed by atoms with van der Waals surface area (Å²) in [6, 6.07) is 6.85. The molecule has 0 fully saturated rings. The Morgan fingerprint density at radius 3 is 2.28 bits per heavy atom. The molecular formula is C20H16F6N4O2. The molecule has 4 N–H and O–H groups in total. The van der Waals surface area contributed by atoms with Crippen LogP contribution in [-0.4, -0.2) is 29.4 Å². The third kappa shape index (κ3) is 5.55. The number of halogens is 6. The van der Waals surface area contributed by atoms with Crippen molar-refractivity contribution in [3.63, 3.8) is 0 Å². The predicted molar refractivity (Wildman–Crippen MR) is 103 cm³/mol. The fourth-order valence-electron chi connectivity index (χ4n) is 2.69. The van der Waals surface area contributed by atoms with Crippen molar-refractivity contribution in [3.8, 4) is 6.07 Å². The first kappa shape index (κ1) is 24.7. The van der Waals surface area contributed by atoms with E-state index < -0.39 is 52.7 Å². The molecule has 0 unspecified atom stereocenters. The van der Waals surface area contributed by atoms with Crippen LogP contribution in [0, 0.1) is 16.7 Å². The summed E-state index contributed by atoms with van der Waals surface area (Å²) < 4.78 is 78.4. The maximum absolute atomic E-state index is 13.1. The Morgan fingerprint density at radius 2 is 1.75 bits per heavy atom. The van der Waals surface area contributed by atoms with Gasteiger partial charge in [-0.15, -0.1) is 0 Å². The van der Waals surface area contributed by atoms with E-state index in [9.17, 15) is 36.2 Å². The minimum Gasteiger partial charge on any atom is -0.381 e. The molecule has 2 aromatic carbocycles. The summed E-state index contributed by atoms with van der Waals surface area (Å²) in [5.41, 5.74) is -6.35. The van der Waals surface area contributed by atoms with Gasteiger partial charge in [0.25, 0.3) is 5.91 Å². The van der Waals surface area contributed by atoms with Gasteiger partial charge in [-0.1, -0.05) is 6.07 Å². The molecule has 0 aromatic heterocycles. The minimum atomic E-state index is -4.86. The fourth-order valence-corrected chi connectivity index (χ4v) is 2.69. The normalized spacial score (nSPS) is 13.6. The number of hydrogen-bond acceptors (Lipinski definition) is 5. The number of alkyl halides is 6. The zero-order valence-electron chi connectivity index (χ0n) is 16.3. The zero-order chi connectivity index (χ0) is 24.3. The number of benzene rings is 2. The molecule has 1 atom stereocenters. The molecule has 2 rings (SSSR count). The van der Waals surface area contributed by atoms with E-state index in [1.165, 1.54) is 12.1 Å². The van der Waals surface area contributed by atoms with Crippen molar-refractivity contribution in [2.45, 2.75) is 24.9 Å². The molecule has 12 heteroatoms. The first-order valence-corrected chi connectivity index (χ1v) is 8.80. The van der Waals surface area contributed by atoms with Gasteiger partial charge in [-0.3, -0.25) is 4.79 Å². The molecule has 32 heavy (non-hydrogen) atoms. The van der Waals surface area contributed by atoms with Crippen molar-refractivity contribution < 1.29 is 36.2 Å². The highest BCUT2D eigenvalue weighted by atomic mass is 19.4. The van der Waals surface area contributed by atoms with Crippen LogP contribution in [0.2, 0.25) is 0 Å². The third-order valence-electron chi connectivity index (χ3n) is 4.37. The van der Waals surface area contributed by atoms with Gasteiger partial charge in [-0.25, -0.2) is 0 Å². The van der Waals surface area contributed by atoms with E-state index in [4.69, 9.17) is 10.7 Å². The van der Waals surface area contributed by atoms with E-state index in [2.05, 4.69) is 10.6 Å². The third-order valence-corrected chi connectivity index (χ3v) is 4.37. The van der Waals surface area contributed by atoms with Crippen molar-refractivity contribution in [2.75, 3.05) is 17.2 Å². The van der Waals surface area contributed by atoms with E-state index in [1.807, 2.05) is 0 Å². The first-order chi connectivity index (χ1) is 14.7. The molecule has 0 spiro atoms. The van der Waals surface area contributed by atoms with E-state index in [-0.39, 0.29) is 11.4 Å². The lowest BCUT2D eigenvalue weighted by Crippen LogP contribution is -2.45. The van der Waals surface area contributed by atoms with Gasteiger partial charge in [0.1, 0.15) is 0 Å². The van der Waals surface area contributed by atoms with E-state index in [0.29, 0.717) is 12.3 Å². The first-order valence-electron chi connectivity index (χ1n) is 8.80. The molecule has 0 aliphatic heterocycles. The monoisotopic (exact) mass is 458 g/mol. The van der Waals surface area contributed by atoms with E-state index >= 15 is 0 Å². The van der Waals surface area contributed by atoms with Gasteiger partial charge in [0.2, 0.25) is 0 Å². The lowest BCUT2D eigenvalue weighted by atomic mass is 10.0. The molecule has 0 saturated carbocycles. The fraction of sp³-hybridized carbons (Fsp3) is 0.250. The van der Waals surface area contributed by atoms with Gasteiger partial charge >= 0.3 is 12.4 Å². The summed E-state index contributed by atoms with van der Waals surface area (Å²) in [4.78, 5) is 12.4. The topological polar surface area (TPSA) is 109 Å². The smallest absolute Gasteiger partial charge is 0.381 e. The summed E-state index contributed by atoms with van der Waals surface area (Å²) in [7, 11) is 0. The number of nitrogens with one attached hydrogen (secondary N) is 3. The van der Waals surface area contributed by atoms with E-state index in [0.717, 1.165) is 31.2 Å². The summed E-state index contributed by atoms with van der Waals surface area (Å²) >= 11 is 0. The molecular weight excluding hydrogens is 442 g/mol. The Hall–Kier alpha value is -3.59. The molecule has 0 aliphatic carbocycles. The average Bonchev–Trinajstić information content (AvgIpc) is 2.70. The lowest BCUT2D eigenvalue weighted by Gasteiger charge is -2.24. The van der Waals surface area contributed by atoms with Crippen molar-refractivity contribution in [1.82, 2.24) is 0 Å². The second-order valence-electron chi connectivity index (χ2n) is 6.86. The number of aliphatic hydroxyl groups is 1. The molecule has 6 nitrogen and oxygen atoms in total. The van der Waals surface area contributed by atoms with Crippen LogP contribution < -0.4 is 10.6 Å². The predicted octanol–water partition coefficient (Wildman–Crippen LogP) is 4.40. The Bertz CT molecular complexity index is 1070. The van der Waals surface area contributed by atoms with Gasteiger partial charge in [0, 0.05) is 23.2 Å². The van der Waals surface area contributed by atoms with Crippen LogP contribution in [-0.2, 0) is 17.1 Å². The highest BCUT2D eigenvalue weighted by Crippen LogP contribution is 2.35. The molecule has 0 bridgehead atoms. The maximum atomic E-state index is 13.1. The summed E-state index contributed by atoms with van der Waals surface area (Å²) in [5, 5.41) is 31.0. The highest BCUT2D eigenvalue weighted by Gasteiger charge is 2.36. The van der Waals surface area contributed by atoms with Crippen molar-refractivity contribution >= 4 is 23.5 Å². The number of anilines is 2. The Balaban J connectivity index is 2.22. The van der Waals surface area contributed by atoms with Gasteiger partial charge in [0.15, 0.2) is 5.60 Å². The van der Waals surface area contributed by atoms with Gasteiger partial charge < -0.3 is 21.1 Å². The quantitative estimate of drug-likeness (QED) is 0.380. The molecule has 0 heterocycles. The molecule has 170 valence electrons. The summed E-state index contributed by atoms with van der Waals surface area (Å²) in [5.74, 6) is -1.15. The molecule has 0 radical (unpaired) electrons. The van der Waals surface area contributed by atoms with Crippen LogP contribution in [0.15, 0.2) is 36.4 Å². The number of carbonyl (C=O) groups excluding carboxylic acids is 1. The van der Waals surface area contributed by atoms with Crippen LogP contribution in [0.5, 0.6) is 0 Å². The molecule has 0 aliphatic rings. The van der Waals surface area contributed by atoms with Crippen LogP contribution in [0.3, 0.4) is 0 Å². The molecule has 0 saturated heterocycles. The van der Waals surface area contributed by atoms with Crippen LogP contribution in [0.1, 0.15) is 29.2 Å². The maximum Gasteiger partial charge on any atom is 0.417 e. The minimum absolute atomic E-state index is 0.180. The van der Waals surface area contributed by atoms with Crippen molar-refractivity contribution in [1.29, 1.82) is 10.7 Å². The number of carbonyl (C=O) groups is 1. The molecule has 1 amide bonds. The van der Waals surface area contributed by atoms with E-state index in [1.54, 1.807) is 0 Å². The second kappa shape index (κ2) is 8.88. The standard InChI is InChI=1S/C20H16F6N4O2/c1-18(32,10-29-16-4-2-3-14(13(16)9-28)19(21,22)23)17(31)30-12-6-5-11(8-27)15(7-12)20(24,25)26/h2-7,9,28-29,32H,10H2,1H3,(H,30,31)/t18-/m0/s1. The van der Waals surface area contributed by atoms with Crippen LogP contribution in [0.4, 0.5) is 37.7 Å². The zero-order valence-corrected chi connectivity index (χ0v) is 16.3. The lowest BCUT2D eigenvalue weighted by molar-refractivity contribution is -0.138. The number of nitrogens with zero attached hydrogens (tertiary/aromatic N) is 1. The van der Waals surface area contributed by atoms with Gasteiger partial charge in [-0.2, -0.15) is 31.6 Å². The van der Waals surface area contributed by atoms with Crippen molar-refractivity contribution in [3.05, 3.63) is 58.7 Å². The van der Waals surface area contributed by atoms with Crippen molar-refractivity contribution in [2.24, 2.45) is 0 Å². The summed E-state index contributed by atoms with van der Waals surface area (Å²) in [6.45, 7) is 0.380. The molecule has 2 aromatic rings.